The molecule has 0 N–H and O–H groups in total. The van der Waals surface area contributed by atoms with E-state index in [-0.39, 0.29) is 5.41 Å². The molecule has 0 aliphatic carbocycles. The third-order valence-electron chi connectivity index (χ3n) is 4.56. The summed E-state index contributed by atoms with van der Waals surface area (Å²) >= 11 is 0. The predicted molar refractivity (Wildman–Crippen MR) is 102 cm³/mol. The highest BCUT2D eigenvalue weighted by Crippen LogP contribution is 2.24. The molecule has 0 unspecified atom stereocenters. The van der Waals surface area contributed by atoms with Crippen LogP contribution in [-0.4, -0.2) is 11.2 Å². The summed E-state index contributed by atoms with van der Waals surface area (Å²) in [4.78, 5) is 0. The zero-order valence-corrected chi connectivity index (χ0v) is 15.2. The van der Waals surface area contributed by atoms with Crippen molar-refractivity contribution in [2.45, 2.75) is 46.1 Å². The quantitative estimate of drug-likeness (QED) is 0.598. The molecule has 2 nitrogen and oxygen atoms in total. The van der Waals surface area contributed by atoms with E-state index in [1.165, 1.54) is 22.0 Å². The molecule has 1 aromatic heterocycles. The van der Waals surface area contributed by atoms with E-state index in [4.69, 9.17) is 4.74 Å². The van der Waals surface area contributed by atoms with Crippen molar-refractivity contribution in [2.75, 3.05) is 6.61 Å². The van der Waals surface area contributed by atoms with Gasteiger partial charge in [-0.1, -0.05) is 45.9 Å². The second-order valence-electron chi connectivity index (χ2n) is 7.38. The van der Waals surface area contributed by atoms with Crippen LogP contribution in [0.4, 0.5) is 0 Å². The molecule has 3 rings (SSSR count). The second-order valence-corrected chi connectivity index (χ2v) is 7.38. The Morgan fingerprint density at radius 2 is 1.71 bits per heavy atom. The molecule has 0 saturated carbocycles. The fourth-order valence-electron chi connectivity index (χ4n) is 2.98. The van der Waals surface area contributed by atoms with Crippen molar-refractivity contribution in [3.63, 3.8) is 0 Å². The zero-order valence-electron chi connectivity index (χ0n) is 15.2. The molecule has 2 heteroatoms. The number of benzene rings is 2. The maximum absolute atomic E-state index is 5.92. The number of aryl methyl sites for hydroxylation is 1. The van der Waals surface area contributed by atoms with Crippen LogP contribution in [0.3, 0.4) is 0 Å². The summed E-state index contributed by atoms with van der Waals surface area (Å²) < 4.78 is 8.18. The first kappa shape index (κ1) is 16.6. The van der Waals surface area contributed by atoms with Gasteiger partial charge in [-0.3, -0.25) is 0 Å². The Labute approximate surface area is 145 Å². The molecule has 126 valence electrons. The Hall–Kier alpha value is -2.22. The summed E-state index contributed by atoms with van der Waals surface area (Å²) in [6.45, 7) is 10.4. The van der Waals surface area contributed by atoms with E-state index in [1.807, 2.05) is 0 Å². The largest absolute Gasteiger partial charge is 0.492 e. The van der Waals surface area contributed by atoms with Gasteiger partial charge in [-0.2, -0.15) is 0 Å². The van der Waals surface area contributed by atoms with Crippen LogP contribution < -0.4 is 4.74 Å². The van der Waals surface area contributed by atoms with E-state index in [0.29, 0.717) is 6.61 Å². The van der Waals surface area contributed by atoms with E-state index >= 15 is 0 Å². The van der Waals surface area contributed by atoms with Gasteiger partial charge in [0.1, 0.15) is 12.4 Å². The molecular formula is C22H27NO. The minimum absolute atomic E-state index is 0.180. The van der Waals surface area contributed by atoms with Crippen molar-refractivity contribution in [1.82, 2.24) is 4.57 Å². The van der Waals surface area contributed by atoms with Gasteiger partial charge in [0.25, 0.3) is 0 Å². The highest BCUT2D eigenvalue weighted by atomic mass is 16.5. The number of nitrogens with zero attached hydrogens (tertiary/aromatic N) is 1. The van der Waals surface area contributed by atoms with Crippen LogP contribution in [0.25, 0.3) is 10.9 Å². The number of hydrogen-bond donors (Lipinski definition) is 0. The summed E-state index contributed by atoms with van der Waals surface area (Å²) in [6.07, 6.45) is 3.23. The number of aromatic nitrogens is 1. The SMILES string of the molecule is CCc1ccc2c(ccn2CCOc2ccc(C(C)(C)C)cc2)c1. The fraction of sp³-hybridized carbons (Fsp3) is 0.364. The maximum Gasteiger partial charge on any atom is 0.119 e. The average Bonchev–Trinajstić information content (AvgIpc) is 2.97. The summed E-state index contributed by atoms with van der Waals surface area (Å²) in [5, 5.41) is 1.31. The summed E-state index contributed by atoms with van der Waals surface area (Å²) in [5.41, 5.74) is 4.17. The molecule has 2 aromatic carbocycles. The van der Waals surface area contributed by atoms with Gasteiger partial charge in [-0.05, 0) is 58.7 Å². The topological polar surface area (TPSA) is 14.2 Å². The number of ether oxygens (including phenoxy) is 1. The van der Waals surface area contributed by atoms with Gasteiger partial charge in [0.05, 0.1) is 6.54 Å². The Balaban J connectivity index is 1.62. The molecule has 0 saturated heterocycles. The van der Waals surface area contributed by atoms with Crippen molar-refractivity contribution in [3.8, 4) is 5.75 Å². The minimum atomic E-state index is 0.180. The Morgan fingerprint density at radius 3 is 2.38 bits per heavy atom. The Kier molecular flexibility index (Phi) is 4.66. The molecule has 0 aliphatic rings. The molecule has 1 heterocycles. The van der Waals surface area contributed by atoms with Crippen LogP contribution >= 0.6 is 0 Å². The molecule has 24 heavy (non-hydrogen) atoms. The summed E-state index contributed by atoms with van der Waals surface area (Å²) in [6, 6.07) is 17.4. The van der Waals surface area contributed by atoms with Crippen molar-refractivity contribution in [2.24, 2.45) is 0 Å². The molecule has 0 fully saturated rings. The zero-order chi connectivity index (χ0) is 17.2. The van der Waals surface area contributed by atoms with Gasteiger partial charge in [-0.25, -0.2) is 0 Å². The van der Waals surface area contributed by atoms with Crippen LogP contribution in [-0.2, 0) is 18.4 Å². The van der Waals surface area contributed by atoms with Crippen LogP contribution in [0.1, 0.15) is 38.8 Å². The second kappa shape index (κ2) is 6.72. The van der Waals surface area contributed by atoms with Gasteiger partial charge in [0.2, 0.25) is 0 Å². The van der Waals surface area contributed by atoms with Gasteiger partial charge in [0, 0.05) is 11.7 Å². The third-order valence-corrected chi connectivity index (χ3v) is 4.56. The van der Waals surface area contributed by atoms with Crippen LogP contribution in [0, 0.1) is 0 Å². The molecule has 0 bridgehead atoms. The maximum atomic E-state index is 5.92. The highest BCUT2D eigenvalue weighted by Gasteiger charge is 2.12. The van der Waals surface area contributed by atoms with Crippen LogP contribution in [0.15, 0.2) is 54.7 Å². The monoisotopic (exact) mass is 321 g/mol. The lowest BCUT2D eigenvalue weighted by Gasteiger charge is -2.19. The molecule has 3 aromatic rings. The predicted octanol–water partition coefficient (Wildman–Crippen LogP) is 5.58. The lowest BCUT2D eigenvalue weighted by molar-refractivity contribution is 0.300. The normalized spacial score (nSPS) is 11.8. The lowest BCUT2D eigenvalue weighted by Crippen LogP contribution is -2.11. The van der Waals surface area contributed by atoms with Crippen molar-refractivity contribution in [3.05, 3.63) is 65.9 Å². The van der Waals surface area contributed by atoms with E-state index in [9.17, 15) is 0 Å². The van der Waals surface area contributed by atoms with Crippen LogP contribution in [0.2, 0.25) is 0 Å². The van der Waals surface area contributed by atoms with Crippen molar-refractivity contribution in [1.29, 1.82) is 0 Å². The molecule has 0 radical (unpaired) electrons. The van der Waals surface area contributed by atoms with E-state index in [1.54, 1.807) is 0 Å². The highest BCUT2D eigenvalue weighted by molar-refractivity contribution is 5.80. The number of hydrogen-bond acceptors (Lipinski definition) is 1. The first-order valence-corrected chi connectivity index (χ1v) is 8.78. The number of fused-ring (bicyclic) bond motifs is 1. The molecule has 0 atom stereocenters. The Morgan fingerprint density at radius 1 is 0.958 bits per heavy atom. The van der Waals surface area contributed by atoms with Crippen LogP contribution in [0.5, 0.6) is 5.75 Å². The van der Waals surface area contributed by atoms with Gasteiger partial charge >= 0.3 is 0 Å². The lowest BCUT2D eigenvalue weighted by atomic mass is 9.87. The summed E-state index contributed by atoms with van der Waals surface area (Å²) in [5.74, 6) is 0.938. The first-order valence-electron chi connectivity index (χ1n) is 8.78. The molecular weight excluding hydrogens is 294 g/mol. The smallest absolute Gasteiger partial charge is 0.119 e. The van der Waals surface area contributed by atoms with E-state index in [0.717, 1.165) is 18.7 Å². The molecule has 0 spiro atoms. The number of rotatable bonds is 5. The van der Waals surface area contributed by atoms with Gasteiger partial charge < -0.3 is 9.30 Å². The summed E-state index contributed by atoms with van der Waals surface area (Å²) in [7, 11) is 0. The third kappa shape index (κ3) is 3.64. The average molecular weight is 321 g/mol. The standard InChI is InChI=1S/C22H27NO/c1-5-17-6-11-21-18(16-17)12-13-23(21)14-15-24-20-9-7-19(8-10-20)22(2,3)4/h6-13,16H,5,14-15H2,1-4H3. The minimum Gasteiger partial charge on any atom is -0.492 e. The van der Waals surface area contributed by atoms with Crippen molar-refractivity contribution >= 4 is 10.9 Å². The van der Waals surface area contributed by atoms with Gasteiger partial charge in [0.15, 0.2) is 0 Å². The fourth-order valence-corrected chi connectivity index (χ4v) is 2.98. The molecule has 0 aliphatic heterocycles. The van der Waals surface area contributed by atoms with E-state index < -0.39 is 0 Å². The first-order chi connectivity index (χ1) is 11.5. The van der Waals surface area contributed by atoms with Gasteiger partial charge in [-0.15, -0.1) is 0 Å². The van der Waals surface area contributed by atoms with E-state index in [2.05, 4.69) is 87.0 Å². The van der Waals surface area contributed by atoms with Crippen molar-refractivity contribution < 1.29 is 4.74 Å². The molecule has 0 amide bonds. The Bertz CT molecular complexity index is 806.